The number of pyridine rings is 1. The smallest absolute Gasteiger partial charge is 0.255 e. The first kappa shape index (κ1) is 15.0. The number of aromatic nitrogens is 1. The van der Waals surface area contributed by atoms with Gasteiger partial charge in [0.2, 0.25) is 0 Å². The van der Waals surface area contributed by atoms with E-state index in [0.717, 1.165) is 6.42 Å². The predicted molar refractivity (Wildman–Crippen MR) is 75.3 cm³/mol. The molecule has 1 aromatic rings. The number of nitrogens with one attached hydrogen (secondary N) is 1. The number of methoxy groups -OCH3 is 1. The van der Waals surface area contributed by atoms with Crippen molar-refractivity contribution in [1.82, 2.24) is 10.3 Å². The number of amides is 1. The molecule has 0 aliphatic heterocycles. The molecule has 1 unspecified atom stereocenters. The summed E-state index contributed by atoms with van der Waals surface area (Å²) in [5, 5.41) is 2.89. The molecule has 0 spiro atoms. The second kappa shape index (κ2) is 7.36. The van der Waals surface area contributed by atoms with Crippen LogP contribution in [0.25, 0.3) is 0 Å². The molecule has 0 aromatic carbocycles. The first-order valence-electron chi connectivity index (χ1n) is 5.94. The van der Waals surface area contributed by atoms with E-state index in [9.17, 15) is 4.79 Å². The Balaban J connectivity index is 2.55. The number of nitrogens with zero attached hydrogens (tertiary/aromatic N) is 1. The van der Waals surface area contributed by atoms with Gasteiger partial charge in [0.1, 0.15) is 5.75 Å². The van der Waals surface area contributed by atoms with Crippen molar-refractivity contribution in [3.05, 3.63) is 24.0 Å². The fourth-order valence-corrected chi connectivity index (χ4v) is 2.53. The molecule has 100 valence electrons. The molecule has 4 nitrogen and oxygen atoms in total. The fraction of sp³-hybridized carbons (Fsp3) is 0.538. The van der Waals surface area contributed by atoms with Crippen LogP contribution in [0.15, 0.2) is 18.5 Å². The molecule has 0 radical (unpaired) electrons. The number of hydrogen-bond acceptors (Lipinski definition) is 3. The zero-order valence-corrected chi connectivity index (χ0v) is 12.5. The molecule has 5 heteroatoms. The highest BCUT2D eigenvalue weighted by Crippen LogP contribution is 2.16. The van der Waals surface area contributed by atoms with Gasteiger partial charge in [-0.1, -0.05) is 29.8 Å². The zero-order valence-electron chi connectivity index (χ0n) is 10.9. The summed E-state index contributed by atoms with van der Waals surface area (Å²) in [6.45, 7) is 4.91. The molecule has 1 heterocycles. The van der Waals surface area contributed by atoms with E-state index >= 15 is 0 Å². The van der Waals surface area contributed by atoms with Gasteiger partial charge in [0.15, 0.2) is 0 Å². The highest BCUT2D eigenvalue weighted by molar-refractivity contribution is 9.09. The molecular weight excluding hydrogens is 296 g/mol. The minimum absolute atomic E-state index is 0.137. The Bertz CT molecular complexity index is 396. The van der Waals surface area contributed by atoms with E-state index in [-0.39, 0.29) is 10.7 Å². The summed E-state index contributed by atoms with van der Waals surface area (Å²) in [6.07, 6.45) is 4.14. The van der Waals surface area contributed by atoms with Crippen LogP contribution < -0.4 is 10.1 Å². The Kier molecular flexibility index (Phi) is 6.12. The Labute approximate surface area is 116 Å². The second-order valence-electron chi connectivity index (χ2n) is 4.51. The van der Waals surface area contributed by atoms with Crippen LogP contribution in [0, 0.1) is 5.92 Å². The summed E-state index contributed by atoms with van der Waals surface area (Å²) in [6, 6.07) is 1.65. The van der Waals surface area contributed by atoms with Crippen LogP contribution in [0.3, 0.4) is 0 Å². The lowest BCUT2D eigenvalue weighted by molar-refractivity contribution is 0.0950. The van der Waals surface area contributed by atoms with Crippen LogP contribution in [-0.2, 0) is 0 Å². The molecule has 18 heavy (non-hydrogen) atoms. The van der Waals surface area contributed by atoms with Crippen molar-refractivity contribution in [2.24, 2.45) is 5.92 Å². The summed E-state index contributed by atoms with van der Waals surface area (Å²) >= 11 is 3.56. The van der Waals surface area contributed by atoms with Crippen molar-refractivity contribution in [1.29, 1.82) is 0 Å². The Hall–Kier alpha value is -1.10. The van der Waals surface area contributed by atoms with Gasteiger partial charge in [-0.15, -0.1) is 0 Å². The van der Waals surface area contributed by atoms with Crippen molar-refractivity contribution in [2.45, 2.75) is 25.1 Å². The largest absolute Gasteiger partial charge is 0.494 e. The number of alkyl halides is 1. The number of carbonyl (C=O) groups is 1. The fourth-order valence-electron chi connectivity index (χ4n) is 1.62. The molecule has 0 fully saturated rings. The summed E-state index contributed by atoms with van der Waals surface area (Å²) < 4.78 is 5.10. The van der Waals surface area contributed by atoms with E-state index in [1.165, 1.54) is 13.3 Å². The summed E-state index contributed by atoms with van der Waals surface area (Å²) in [4.78, 5) is 16.2. The maximum absolute atomic E-state index is 12.0. The van der Waals surface area contributed by atoms with E-state index in [4.69, 9.17) is 4.74 Å². The lowest BCUT2D eigenvalue weighted by Crippen LogP contribution is -2.30. The van der Waals surface area contributed by atoms with Crippen LogP contribution in [0.2, 0.25) is 0 Å². The van der Waals surface area contributed by atoms with Crippen molar-refractivity contribution in [2.75, 3.05) is 13.7 Å². The van der Waals surface area contributed by atoms with Gasteiger partial charge in [-0.3, -0.25) is 9.78 Å². The van der Waals surface area contributed by atoms with Gasteiger partial charge in [0.05, 0.1) is 18.9 Å². The van der Waals surface area contributed by atoms with Crippen LogP contribution in [-0.4, -0.2) is 29.4 Å². The van der Waals surface area contributed by atoms with Gasteiger partial charge >= 0.3 is 0 Å². The van der Waals surface area contributed by atoms with Crippen LogP contribution >= 0.6 is 15.9 Å². The van der Waals surface area contributed by atoms with E-state index < -0.39 is 0 Å². The highest BCUT2D eigenvalue weighted by Gasteiger charge is 2.13. The summed E-state index contributed by atoms with van der Waals surface area (Å²) in [5.74, 6) is 0.953. The van der Waals surface area contributed by atoms with Gasteiger partial charge in [-0.05, 0) is 18.4 Å². The zero-order chi connectivity index (χ0) is 13.5. The topological polar surface area (TPSA) is 51.2 Å². The Morgan fingerprint density at radius 1 is 1.56 bits per heavy atom. The molecule has 1 N–H and O–H groups in total. The van der Waals surface area contributed by atoms with Crippen LogP contribution in [0.5, 0.6) is 5.75 Å². The van der Waals surface area contributed by atoms with Crippen LogP contribution in [0.1, 0.15) is 30.6 Å². The average molecular weight is 315 g/mol. The first-order chi connectivity index (χ1) is 8.54. The number of ether oxygens (including phenoxy) is 1. The number of halogens is 1. The average Bonchev–Trinajstić information content (AvgIpc) is 2.35. The molecule has 1 aromatic heterocycles. The Morgan fingerprint density at radius 3 is 2.89 bits per heavy atom. The van der Waals surface area contributed by atoms with Gasteiger partial charge in [0.25, 0.3) is 5.91 Å². The lowest BCUT2D eigenvalue weighted by Gasteiger charge is -2.14. The predicted octanol–water partition coefficient (Wildman–Crippen LogP) is 2.63. The van der Waals surface area contributed by atoms with Gasteiger partial charge in [0, 0.05) is 17.6 Å². The van der Waals surface area contributed by atoms with Crippen LogP contribution in [0.4, 0.5) is 0 Å². The van der Waals surface area contributed by atoms with Crippen molar-refractivity contribution < 1.29 is 9.53 Å². The van der Waals surface area contributed by atoms with Gasteiger partial charge < -0.3 is 10.1 Å². The minimum Gasteiger partial charge on any atom is -0.494 e. The Morgan fingerprint density at radius 2 is 2.28 bits per heavy atom. The standard InChI is InChI=1S/C13H19BrN2O2/c1-9(2)6-10(14)7-16-13(17)11-4-5-15-8-12(11)18-3/h4-5,8-10H,6-7H2,1-3H3,(H,16,17). The minimum atomic E-state index is -0.137. The molecule has 1 rings (SSSR count). The van der Waals surface area contributed by atoms with Gasteiger partial charge in [-0.25, -0.2) is 0 Å². The molecule has 0 bridgehead atoms. The number of rotatable bonds is 6. The summed E-state index contributed by atoms with van der Waals surface area (Å²) in [7, 11) is 1.53. The molecule has 0 saturated carbocycles. The van der Waals surface area contributed by atoms with Crippen molar-refractivity contribution in [3.63, 3.8) is 0 Å². The molecule has 0 aliphatic carbocycles. The van der Waals surface area contributed by atoms with Crippen molar-refractivity contribution >= 4 is 21.8 Å². The molecular formula is C13H19BrN2O2. The maximum Gasteiger partial charge on any atom is 0.255 e. The highest BCUT2D eigenvalue weighted by atomic mass is 79.9. The van der Waals surface area contributed by atoms with E-state index in [1.54, 1.807) is 12.3 Å². The monoisotopic (exact) mass is 314 g/mol. The SMILES string of the molecule is COc1cnccc1C(=O)NCC(Br)CC(C)C. The number of carbonyl (C=O) groups excluding carboxylic acids is 1. The normalized spacial score (nSPS) is 12.3. The molecule has 0 saturated heterocycles. The third kappa shape index (κ3) is 4.64. The third-order valence-corrected chi connectivity index (χ3v) is 3.16. The van der Waals surface area contributed by atoms with Gasteiger partial charge in [-0.2, -0.15) is 0 Å². The van der Waals surface area contributed by atoms with E-state index in [2.05, 4.69) is 40.1 Å². The lowest BCUT2D eigenvalue weighted by atomic mass is 10.1. The quantitative estimate of drug-likeness (QED) is 0.821. The molecule has 1 atom stereocenters. The van der Waals surface area contributed by atoms with E-state index in [0.29, 0.717) is 23.8 Å². The third-order valence-electron chi connectivity index (χ3n) is 2.46. The first-order valence-corrected chi connectivity index (χ1v) is 6.86. The van der Waals surface area contributed by atoms with Crippen molar-refractivity contribution in [3.8, 4) is 5.75 Å². The van der Waals surface area contributed by atoms with E-state index in [1.807, 2.05) is 0 Å². The second-order valence-corrected chi connectivity index (χ2v) is 5.81. The maximum atomic E-state index is 12.0. The molecule has 0 aliphatic rings. The number of hydrogen-bond donors (Lipinski definition) is 1. The summed E-state index contributed by atoms with van der Waals surface area (Å²) in [5.41, 5.74) is 0.511. The molecule has 1 amide bonds.